The van der Waals surface area contributed by atoms with Crippen LogP contribution in [0.25, 0.3) is 0 Å². The molecule has 0 unspecified atom stereocenters. The molecule has 0 bridgehead atoms. The molecular formula is C28H42N2O5S. The van der Waals surface area contributed by atoms with Gasteiger partial charge in [0.1, 0.15) is 0 Å². The number of nitrogens with zero attached hydrogens (tertiary/aromatic N) is 2. The molecule has 8 heteroatoms. The molecule has 1 aromatic heterocycles. The van der Waals surface area contributed by atoms with E-state index in [2.05, 4.69) is 0 Å². The Kier molecular flexibility index (Phi) is 12.2. The first kappa shape index (κ1) is 29.6. The number of ether oxygens (including phenoxy) is 3. The zero-order valence-electron chi connectivity index (χ0n) is 22.7. The molecule has 0 aliphatic heterocycles. The van der Waals surface area contributed by atoms with Gasteiger partial charge < -0.3 is 24.0 Å². The molecule has 0 saturated heterocycles. The van der Waals surface area contributed by atoms with Crippen molar-refractivity contribution in [2.75, 3.05) is 47.1 Å². The average molecular weight is 519 g/mol. The Morgan fingerprint density at radius 3 is 2.33 bits per heavy atom. The number of hydrogen-bond acceptors (Lipinski definition) is 6. The highest BCUT2D eigenvalue weighted by Gasteiger charge is 2.25. The van der Waals surface area contributed by atoms with Gasteiger partial charge in [0, 0.05) is 37.6 Å². The molecule has 0 radical (unpaired) electrons. The fraction of sp³-hybridized carbons (Fsp3) is 0.571. The van der Waals surface area contributed by atoms with Gasteiger partial charge in [-0.3, -0.25) is 9.59 Å². The van der Waals surface area contributed by atoms with Crippen LogP contribution < -0.4 is 9.47 Å². The van der Waals surface area contributed by atoms with Crippen LogP contribution in [-0.2, 0) is 27.3 Å². The lowest BCUT2D eigenvalue weighted by Crippen LogP contribution is -2.44. The Hall–Kier alpha value is -2.58. The van der Waals surface area contributed by atoms with Crippen molar-refractivity contribution in [3.63, 3.8) is 0 Å². The Bertz CT molecular complexity index is 940. The summed E-state index contributed by atoms with van der Waals surface area (Å²) in [6.45, 7) is 10.9. The SMILES string of the molecule is CCOCCCN(CC(=O)N(CCc1ccc(OC)c(OC)c1)Cc1cccs1)C(=O)CC(C)(C)C. The van der Waals surface area contributed by atoms with Crippen LogP contribution >= 0.6 is 11.3 Å². The van der Waals surface area contributed by atoms with Gasteiger partial charge in [0.25, 0.3) is 0 Å². The highest BCUT2D eigenvalue weighted by molar-refractivity contribution is 7.09. The van der Waals surface area contributed by atoms with Crippen molar-refractivity contribution in [2.45, 2.75) is 53.5 Å². The van der Waals surface area contributed by atoms with Gasteiger partial charge in [0.2, 0.25) is 11.8 Å². The molecule has 0 fully saturated rings. The molecule has 2 aromatic rings. The van der Waals surface area contributed by atoms with Crippen LogP contribution in [0.2, 0.25) is 0 Å². The first-order chi connectivity index (χ1) is 17.2. The number of benzene rings is 1. The van der Waals surface area contributed by atoms with E-state index in [1.165, 1.54) is 0 Å². The molecule has 0 aliphatic carbocycles. The molecule has 0 atom stereocenters. The third-order valence-electron chi connectivity index (χ3n) is 5.68. The largest absolute Gasteiger partial charge is 0.493 e. The lowest BCUT2D eigenvalue weighted by atomic mass is 9.91. The van der Waals surface area contributed by atoms with Gasteiger partial charge in [-0.1, -0.05) is 32.9 Å². The maximum Gasteiger partial charge on any atom is 0.242 e. The van der Waals surface area contributed by atoms with E-state index in [-0.39, 0.29) is 23.8 Å². The molecule has 7 nitrogen and oxygen atoms in total. The summed E-state index contributed by atoms with van der Waals surface area (Å²) >= 11 is 1.63. The number of hydrogen-bond donors (Lipinski definition) is 0. The van der Waals surface area contributed by atoms with E-state index in [0.29, 0.717) is 63.6 Å². The first-order valence-electron chi connectivity index (χ1n) is 12.5. The lowest BCUT2D eigenvalue weighted by Gasteiger charge is -2.29. The van der Waals surface area contributed by atoms with Crippen molar-refractivity contribution >= 4 is 23.2 Å². The summed E-state index contributed by atoms with van der Waals surface area (Å²) in [5, 5.41) is 2.01. The number of amides is 2. The summed E-state index contributed by atoms with van der Waals surface area (Å²) in [6, 6.07) is 9.84. The summed E-state index contributed by atoms with van der Waals surface area (Å²) in [5.41, 5.74) is 0.900. The van der Waals surface area contributed by atoms with Crippen LogP contribution in [-0.4, -0.2) is 68.7 Å². The minimum Gasteiger partial charge on any atom is -0.493 e. The lowest BCUT2D eigenvalue weighted by molar-refractivity contribution is -0.142. The minimum atomic E-state index is -0.150. The molecule has 0 N–H and O–H groups in total. The molecule has 1 aromatic carbocycles. The third-order valence-corrected chi connectivity index (χ3v) is 6.54. The van der Waals surface area contributed by atoms with Gasteiger partial charge in [0.05, 0.1) is 27.3 Å². The highest BCUT2D eigenvalue weighted by atomic mass is 32.1. The van der Waals surface area contributed by atoms with Crippen molar-refractivity contribution in [1.82, 2.24) is 9.80 Å². The summed E-state index contributed by atoms with van der Waals surface area (Å²) in [5.74, 6) is 1.29. The molecule has 0 saturated carbocycles. The van der Waals surface area contributed by atoms with Gasteiger partial charge in [-0.2, -0.15) is 0 Å². The van der Waals surface area contributed by atoms with Crippen molar-refractivity contribution in [2.24, 2.45) is 5.41 Å². The fourth-order valence-corrected chi connectivity index (χ4v) is 4.52. The Morgan fingerprint density at radius 2 is 1.72 bits per heavy atom. The first-order valence-corrected chi connectivity index (χ1v) is 13.4. The van der Waals surface area contributed by atoms with Gasteiger partial charge >= 0.3 is 0 Å². The standard InChI is InChI=1S/C28H42N2O5S/c1-7-35-16-9-14-29(26(31)19-28(2,3)4)21-27(32)30(20-23-10-8-17-36-23)15-13-22-11-12-24(33-5)25(18-22)34-6/h8,10-12,17-18H,7,9,13-16,19-21H2,1-6H3. The van der Waals surface area contributed by atoms with Gasteiger partial charge in [0.15, 0.2) is 11.5 Å². The second-order valence-electron chi connectivity index (χ2n) is 9.94. The minimum absolute atomic E-state index is 0.00307. The Labute approximate surface area is 220 Å². The summed E-state index contributed by atoms with van der Waals surface area (Å²) in [4.78, 5) is 31.3. The predicted molar refractivity (Wildman–Crippen MR) is 145 cm³/mol. The van der Waals surface area contributed by atoms with Gasteiger partial charge in [-0.05, 0) is 54.3 Å². The monoisotopic (exact) mass is 518 g/mol. The number of methoxy groups -OCH3 is 2. The Morgan fingerprint density at radius 1 is 0.972 bits per heavy atom. The zero-order chi connectivity index (χ0) is 26.6. The predicted octanol–water partition coefficient (Wildman–Crippen LogP) is 5.03. The molecule has 200 valence electrons. The average Bonchev–Trinajstić information content (AvgIpc) is 3.35. The molecule has 2 amide bonds. The van der Waals surface area contributed by atoms with Crippen LogP contribution in [0.5, 0.6) is 11.5 Å². The van der Waals surface area contributed by atoms with Crippen molar-refractivity contribution in [3.8, 4) is 11.5 Å². The third kappa shape index (κ3) is 10.2. The van der Waals surface area contributed by atoms with E-state index >= 15 is 0 Å². The van der Waals surface area contributed by atoms with E-state index in [1.807, 2.05) is 68.3 Å². The number of thiophene rings is 1. The zero-order valence-corrected chi connectivity index (χ0v) is 23.5. The summed E-state index contributed by atoms with van der Waals surface area (Å²) in [7, 11) is 3.23. The molecule has 0 spiro atoms. The van der Waals surface area contributed by atoms with Crippen LogP contribution in [0.1, 0.15) is 51.0 Å². The fourth-order valence-electron chi connectivity index (χ4n) is 3.81. The maximum atomic E-state index is 13.5. The second-order valence-corrected chi connectivity index (χ2v) is 11.0. The molecular weight excluding hydrogens is 476 g/mol. The highest BCUT2D eigenvalue weighted by Crippen LogP contribution is 2.28. The molecule has 2 rings (SSSR count). The van der Waals surface area contributed by atoms with Crippen LogP contribution in [0.3, 0.4) is 0 Å². The van der Waals surface area contributed by atoms with E-state index in [4.69, 9.17) is 14.2 Å². The number of carbonyl (C=O) groups excluding carboxylic acids is 2. The van der Waals surface area contributed by atoms with E-state index in [0.717, 1.165) is 10.4 Å². The Balaban J connectivity index is 2.15. The van der Waals surface area contributed by atoms with E-state index < -0.39 is 0 Å². The molecule has 1 heterocycles. The summed E-state index contributed by atoms with van der Waals surface area (Å²) < 4.78 is 16.2. The van der Waals surface area contributed by atoms with E-state index in [1.54, 1.807) is 30.5 Å². The number of rotatable bonds is 15. The molecule has 0 aliphatic rings. The smallest absolute Gasteiger partial charge is 0.242 e. The molecule has 36 heavy (non-hydrogen) atoms. The number of carbonyl (C=O) groups is 2. The normalized spacial score (nSPS) is 11.3. The second kappa shape index (κ2) is 14.9. The quantitative estimate of drug-likeness (QED) is 0.310. The van der Waals surface area contributed by atoms with Crippen molar-refractivity contribution in [3.05, 3.63) is 46.2 Å². The van der Waals surface area contributed by atoms with Crippen LogP contribution in [0, 0.1) is 5.41 Å². The van der Waals surface area contributed by atoms with Gasteiger partial charge in [-0.25, -0.2) is 0 Å². The maximum absolute atomic E-state index is 13.5. The van der Waals surface area contributed by atoms with Crippen molar-refractivity contribution < 1.29 is 23.8 Å². The van der Waals surface area contributed by atoms with Gasteiger partial charge in [-0.15, -0.1) is 11.3 Å². The van der Waals surface area contributed by atoms with Crippen molar-refractivity contribution in [1.29, 1.82) is 0 Å². The van der Waals surface area contributed by atoms with Crippen LogP contribution in [0.4, 0.5) is 0 Å². The van der Waals surface area contributed by atoms with Crippen LogP contribution in [0.15, 0.2) is 35.7 Å². The van der Waals surface area contributed by atoms with E-state index in [9.17, 15) is 9.59 Å². The summed E-state index contributed by atoms with van der Waals surface area (Å²) in [6.07, 6.45) is 1.76. The topological polar surface area (TPSA) is 68.3 Å².